The van der Waals surface area contributed by atoms with Gasteiger partial charge < -0.3 is 4.74 Å². The summed E-state index contributed by atoms with van der Waals surface area (Å²) >= 11 is 0. The van der Waals surface area contributed by atoms with E-state index in [-0.39, 0.29) is 68.0 Å². The number of rotatable bonds is 8. The van der Waals surface area contributed by atoms with Crippen LogP contribution in [-0.4, -0.2) is 70.3 Å². The molecule has 1 aromatic rings. The molecule has 114 valence electrons. The van der Waals surface area contributed by atoms with Gasteiger partial charge in [0.2, 0.25) is 0 Å². The molecule has 0 atom stereocenters. The number of hydrogen-bond acceptors (Lipinski definition) is 4. The first-order valence-electron chi connectivity index (χ1n) is 6.71. The van der Waals surface area contributed by atoms with Gasteiger partial charge in [0.15, 0.2) is 0 Å². The van der Waals surface area contributed by atoms with Gasteiger partial charge in [-0.2, -0.15) is 8.42 Å². The molecule has 5 nitrogen and oxygen atoms in total. The standard InChI is InChI=1S/C14H20O5S.K.H/c1-2-3-4-5-6-7-14(15)19-12-8-10-13(11-9-12)20(16,17)18;;/h8-11H,2-7H2,1H3,(H,16,17,18);;. The van der Waals surface area contributed by atoms with Crippen molar-refractivity contribution in [3.8, 4) is 5.75 Å². The Balaban J connectivity index is 0.00000400. The molecule has 0 bridgehead atoms. The third-order valence-corrected chi connectivity index (χ3v) is 3.71. The van der Waals surface area contributed by atoms with Crippen LogP contribution in [0.5, 0.6) is 5.75 Å². The van der Waals surface area contributed by atoms with Gasteiger partial charge in [0.05, 0.1) is 4.90 Å². The van der Waals surface area contributed by atoms with Crippen molar-refractivity contribution >= 4 is 67.5 Å². The Kier molecular flexibility index (Phi) is 11.0. The zero-order valence-corrected chi connectivity index (χ0v) is 12.4. The van der Waals surface area contributed by atoms with Crippen LogP contribution in [0.4, 0.5) is 0 Å². The second kappa shape index (κ2) is 10.9. The van der Waals surface area contributed by atoms with Gasteiger partial charge in [0.25, 0.3) is 10.1 Å². The summed E-state index contributed by atoms with van der Waals surface area (Å²) < 4.78 is 35.6. The maximum atomic E-state index is 11.5. The van der Waals surface area contributed by atoms with Crippen molar-refractivity contribution in [3.63, 3.8) is 0 Å². The summed E-state index contributed by atoms with van der Waals surface area (Å²) in [5.74, 6) is -0.0583. The fraction of sp³-hybridized carbons (Fsp3) is 0.500. The Labute approximate surface area is 168 Å². The van der Waals surface area contributed by atoms with E-state index in [1.807, 2.05) is 0 Å². The van der Waals surface area contributed by atoms with E-state index in [0.717, 1.165) is 25.7 Å². The first-order valence-corrected chi connectivity index (χ1v) is 8.15. The van der Waals surface area contributed by atoms with E-state index in [0.29, 0.717) is 6.42 Å². The number of carbonyl (C=O) groups is 1. The first kappa shape index (κ1) is 21.2. The summed E-state index contributed by atoms with van der Waals surface area (Å²) in [6, 6.07) is 5.08. The van der Waals surface area contributed by atoms with E-state index < -0.39 is 10.1 Å². The Morgan fingerprint density at radius 3 is 2.19 bits per heavy atom. The molecule has 7 heteroatoms. The van der Waals surface area contributed by atoms with Crippen LogP contribution in [0.15, 0.2) is 29.2 Å². The van der Waals surface area contributed by atoms with Crippen LogP contribution < -0.4 is 4.74 Å². The molecule has 0 unspecified atom stereocenters. The SMILES string of the molecule is CCCCCCCC(=O)Oc1ccc(S(=O)(=O)O)cc1.[KH]. The summed E-state index contributed by atoms with van der Waals surface area (Å²) in [6.07, 6.45) is 5.60. The molecule has 0 saturated carbocycles. The van der Waals surface area contributed by atoms with Gasteiger partial charge in [0, 0.05) is 6.42 Å². The number of ether oxygens (including phenoxy) is 1. The van der Waals surface area contributed by atoms with Crippen molar-refractivity contribution in [2.24, 2.45) is 0 Å². The zero-order chi connectivity index (χ0) is 15.0. The maximum absolute atomic E-state index is 11.5. The van der Waals surface area contributed by atoms with E-state index in [9.17, 15) is 13.2 Å². The van der Waals surface area contributed by atoms with Crippen molar-refractivity contribution in [3.05, 3.63) is 24.3 Å². The van der Waals surface area contributed by atoms with Gasteiger partial charge in [-0.3, -0.25) is 9.35 Å². The summed E-state index contributed by atoms with van der Waals surface area (Å²) in [7, 11) is -4.21. The van der Waals surface area contributed by atoms with Crippen LogP contribution in [-0.2, 0) is 14.9 Å². The van der Waals surface area contributed by atoms with Crippen molar-refractivity contribution in [1.82, 2.24) is 0 Å². The van der Waals surface area contributed by atoms with E-state index in [1.165, 1.54) is 30.7 Å². The zero-order valence-electron chi connectivity index (χ0n) is 11.5. The first-order chi connectivity index (χ1) is 9.43. The average Bonchev–Trinajstić information content (AvgIpc) is 2.38. The molecule has 0 heterocycles. The average molecular weight is 340 g/mol. The summed E-state index contributed by atoms with van der Waals surface area (Å²) in [5.41, 5.74) is 0. The Morgan fingerprint density at radius 1 is 1.10 bits per heavy atom. The third-order valence-electron chi connectivity index (χ3n) is 2.84. The topological polar surface area (TPSA) is 80.7 Å². The van der Waals surface area contributed by atoms with Crippen molar-refractivity contribution in [2.75, 3.05) is 0 Å². The number of carbonyl (C=O) groups excluding carboxylic acids is 1. The second-order valence-corrected chi connectivity index (χ2v) is 6.01. The molecule has 0 saturated heterocycles. The minimum absolute atomic E-state index is 0. The molecule has 0 fully saturated rings. The van der Waals surface area contributed by atoms with Crippen molar-refractivity contribution < 1.29 is 22.5 Å². The number of hydrogen-bond donors (Lipinski definition) is 1. The molecule has 0 amide bonds. The summed E-state index contributed by atoms with van der Waals surface area (Å²) in [6.45, 7) is 2.13. The Bertz CT molecular complexity index is 525. The summed E-state index contributed by atoms with van der Waals surface area (Å²) in [4.78, 5) is 11.3. The molecule has 1 N–H and O–H groups in total. The van der Waals surface area contributed by atoms with E-state index in [1.54, 1.807) is 0 Å². The monoisotopic (exact) mass is 340 g/mol. The van der Waals surface area contributed by atoms with Gasteiger partial charge in [-0.1, -0.05) is 32.6 Å². The second-order valence-electron chi connectivity index (χ2n) is 4.58. The quantitative estimate of drug-likeness (QED) is 0.259. The normalized spacial score (nSPS) is 10.8. The predicted molar refractivity (Wildman–Crippen MR) is 82.4 cm³/mol. The van der Waals surface area contributed by atoms with Crippen LogP contribution >= 0.6 is 0 Å². The van der Waals surface area contributed by atoms with Gasteiger partial charge in [-0.15, -0.1) is 0 Å². The molecule has 0 aromatic heterocycles. The van der Waals surface area contributed by atoms with Gasteiger partial charge in [-0.25, -0.2) is 0 Å². The van der Waals surface area contributed by atoms with Gasteiger partial charge in [-0.05, 0) is 30.7 Å². The molecule has 1 aromatic carbocycles. The summed E-state index contributed by atoms with van der Waals surface area (Å²) in [5, 5.41) is 0. The van der Waals surface area contributed by atoms with Crippen LogP contribution in [0, 0.1) is 0 Å². The molecular weight excluding hydrogens is 319 g/mol. The van der Waals surface area contributed by atoms with Crippen LogP contribution in [0.2, 0.25) is 0 Å². The fourth-order valence-corrected chi connectivity index (χ4v) is 2.22. The number of unbranched alkanes of at least 4 members (excludes halogenated alkanes) is 4. The molecule has 1 rings (SSSR count). The molecule has 0 aliphatic carbocycles. The molecular formula is C14H21KO5S. The third kappa shape index (κ3) is 9.07. The molecule has 0 aliphatic rings. The molecule has 21 heavy (non-hydrogen) atoms. The van der Waals surface area contributed by atoms with Crippen LogP contribution in [0.25, 0.3) is 0 Å². The Hall–Kier alpha value is 0.236. The van der Waals surface area contributed by atoms with Gasteiger partial charge >= 0.3 is 57.4 Å². The van der Waals surface area contributed by atoms with E-state index >= 15 is 0 Å². The Morgan fingerprint density at radius 2 is 1.67 bits per heavy atom. The van der Waals surface area contributed by atoms with Crippen molar-refractivity contribution in [2.45, 2.75) is 50.3 Å². The fourth-order valence-electron chi connectivity index (χ4n) is 1.74. The van der Waals surface area contributed by atoms with E-state index in [2.05, 4.69) is 6.92 Å². The molecule has 0 spiro atoms. The van der Waals surface area contributed by atoms with Gasteiger partial charge in [0.1, 0.15) is 5.75 Å². The van der Waals surface area contributed by atoms with Crippen molar-refractivity contribution in [1.29, 1.82) is 0 Å². The van der Waals surface area contributed by atoms with Crippen LogP contribution in [0.3, 0.4) is 0 Å². The molecule has 0 aliphatic heterocycles. The number of esters is 1. The van der Waals surface area contributed by atoms with Crippen LogP contribution in [0.1, 0.15) is 45.4 Å². The van der Waals surface area contributed by atoms with E-state index in [4.69, 9.17) is 9.29 Å². The predicted octanol–water partition coefficient (Wildman–Crippen LogP) is 2.55. The number of benzene rings is 1. The minimum atomic E-state index is -4.21. The molecule has 0 radical (unpaired) electrons.